The fraction of sp³-hybridized carbons (Fsp3) is 0.700. The highest BCUT2D eigenvalue weighted by Crippen LogP contribution is 1.96. The highest BCUT2D eigenvalue weighted by molar-refractivity contribution is 5.69. The standard InChI is InChI=1S/C10H19NO2/c1-4-5-6-9(2)11-8-7-10(12)13-3/h4,9,11H,1,5-8H2,2-3H3. The molecule has 0 aliphatic carbocycles. The monoisotopic (exact) mass is 185 g/mol. The zero-order valence-corrected chi connectivity index (χ0v) is 8.51. The van der Waals surface area contributed by atoms with Gasteiger partial charge in [0.15, 0.2) is 0 Å². The Morgan fingerprint density at radius 2 is 2.38 bits per heavy atom. The van der Waals surface area contributed by atoms with Crippen molar-refractivity contribution in [1.29, 1.82) is 0 Å². The maximum Gasteiger partial charge on any atom is 0.306 e. The SMILES string of the molecule is C=CCCC(C)NCCC(=O)OC. The number of rotatable bonds is 7. The van der Waals surface area contributed by atoms with Crippen molar-refractivity contribution in [2.45, 2.75) is 32.2 Å². The molecule has 0 amide bonds. The minimum Gasteiger partial charge on any atom is -0.469 e. The summed E-state index contributed by atoms with van der Waals surface area (Å²) in [5, 5.41) is 3.23. The van der Waals surface area contributed by atoms with Crippen molar-refractivity contribution < 1.29 is 9.53 Å². The quantitative estimate of drug-likeness (QED) is 0.482. The minimum atomic E-state index is -0.163. The van der Waals surface area contributed by atoms with Crippen LogP contribution in [0.4, 0.5) is 0 Å². The maximum absolute atomic E-state index is 10.7. The van der Waals surface area contributed by atoms with Crippen molar-refractivity contribution in [3.8, 4) is 0 Å². The van der Waals surface area contributed by atoms with Crippen molar-refractivity contribution in [3.63, 3.8) is 0 Å². The predicted molar refractivity (Wildman–Crippen MR) is 53.5 cm³/mol. The average molecular weight is 185 g/mol. The molecule has 3 nitrogen and oxygen atoms in total. The second-order valence-corrected chi connectivity index (χ2v) is 3.05. The second kappa shape index (κ2) is 7.80. The summed E-state index contributed by atoms with van der Waals surface area (Å²) in [6, 6.07) is 0.433. The van der Waals surface area contributed by atoms with E-state index in [1.54, 1.807) is 0 Å². The molecule has 0 aromatic carbocycles. The van der Waals surface area contributed by atoms with Crippen LogP contribution in [-0.4, -0.2) is 25.7 Å². The van der Waals surface area contributed by atoms with E-state index in [-0.39, 0.29) is 5.97 Å². The van der Waals surface area contributed by atoms with Crippen LogP contribution in [-0.2, 0) is 9.53 Å². The Balaban J connectivity index is 3.30. The molecule has 0 bridgehead atoms. The van der Waals surface area contributed by atoms with Gasteiger partial charge in [-0.25, -0.2) is 0 Å². The van der Waals surface area contributed by atoms with Gasteiger partial charge in [-0.3, -0.25) is 4.79 Å². The van der Waals surface area contributed by atoms with Crippen LogP contribution in [0, 0.1) is 0 Å². The fourth-order valence-electron chi connectivity index (χ4n) is 0.993. The summed E-state index contributed by atoms with van der Waals surface area (Å²) >= 11 is 0. The molecule has 13 heavy (non-hydrogen) atoms. The Morgan fingerprint density at radius 3 is 2.92 bits per heavy atom. The van der Waals surface area contributed by atoms with E-state index in [0.29, 0.717) is 19.0 Å². The molecule has 0 rings (SSSR count). The highest BCUT2D eigenvalue weighted by Gasteiger charge is 2.02. The van der Waals surface area contributed by atoms with Gasteiger partial charge in [-0.2, -0.15) is 0 Å². The van der Waals surface area contributed by atoms with Crippen LogP contribution in [0.1, 0.15) is 26.2 Å². The van der Waals surface area contributed by atoms with Gasteiger partial charge in [0.05, 0.1) is 13.5 Å². The number of methoxy groups -OCH3 is 1. The number of hydrogen-bond acceptors (Lipinski definition) is 3. The number of ether oxygens (including phenoxy) is 1. The first-order valence-electron chi connectivity index (χ1n) is 4.61. The first-order valence-corrected chi connectivity index (χ1v) is 4.61. The summed E-state index contributed by atoms with van der Waals surface area (Å²) in [4.78, 5) is 10.7. The first kappa shape index (κ1) is 12.2. The molecular formula is C10H19NO2. The molecule has 0 saturated heterocycles. The van der Waals surface area contributed by atoms with Gasteiger partial charge >= 0.3 is 5.97 Å². The maximum atomic E-state index is 10.7. The average Bonchev–Trinajstić information content (AvgIpc) is 2.14. The van der Waals surface area contributed by atoms with Crippen LogP contribution in [0.25, 0.3) is 0 Å². The van der Waals surface area contributed by atoms with E-state index in [2.05, 4.69) is 23.6 Å². The Bertz CT molecular complexity index is 157. The van der Waals surface area contributed by atoms with Gasteiger partial charge in [-0.15, -0.1) is 6.58 Å². The lowest BCUT2D eigenvalue weighted by Crippen LogP contribution is -2.28. The summed E-state index contributed by atoms with van der Waals surface area (Å²) in [5.74, 6) is -0.163. The molecule has 0 aromatic heterocycles. The molecule has 1 N–H and O–H groups in total. The second-order valence-electron chi connectivity index (χ2n) is 3.05. The zero-order chi connectivity index (χ0) is 10.1. The molecule has 0 radical (unpaired) electrons. The van der Waals surface area contributed by atoms with Crippen LogP contribution in [0.15, 0.2) is 12.7 Å². The molecule has 76 valence electrons. The molecule has 0 aromatic rings. The third kappa shape index (κ3) is 7.53. The van der Waals surface area contributed by atoms with Crippen molar-refractivity contribution in [2.24, 2.45) is 0 Å². The molecular weight excluding hydrogens is 166 g/mol. The highest BCUT2D eigenvalue weighted by atomic mass is 16.5. The summed E-state index contributed by atoms with van der Waals surface area (Å²) in [7, 11) is 1.41. The lowest BCUT2D eigenvalue weighted by molar-refractivity contribution is -0.140. The Kier molecular flexibility index (Phi) is 7.30. The predicted octanol–water partition coefficient (Wildman–Crippen LogP) is 1.49. The molecule has 3 heteroatoms. The first-order chi connectivity index (χ1) is 6.20. The third-order valence-corrected chi connectivity index (χ3v) is 1.85. The van der Waals surface area contributed by atoms with Gasteiger partial charge in [0, 0.05) is 12.6 Å². The van der Waals surface area contributed by atoms with E-state index in [4.69, 9.17) is 0 Å². The molecule has 0 heterocycles. The Labute approximate surface area is 80.2 Å². The number of esters is 1. The van der Waals surface area contributed by atoms with Gasteiger partial charge in [0.1, 0.15) is 0 Å². The van der Waals surface area contributed by atoms with Crippen LogP contribution >= 0.6 is 0 Å². The van der Waals surface area contributed by atoms with E-state index < -0.39 is 0 Å². The summed E-state index contributed by atoms with van der Waals surface area (Å²) in [6.07, 6.45) is 4.41. The number of carbonyl (C=O) groups excluding carboxylic acids is 1. The largest absolute Gasteiger partial charge is 0.469 e. The van der Waals surface area contributed by atoms with E-state index in [1.165, 1.54) is 7.11 Å². The number of nitrogens with one attached hydrogen (secondary N) is 1. The van der Waals surface area contributed by atoms with E-state index >= 15 is 0 Å². The van der Waals surface area contributed by atoms with Gasteiger partial charge in [0.25, 0.3) is 0 Å². The molecule has 0 aliphatic rings. The molecule has 1 atom stereocenters. The minimum absolute atomic E-state index is 0.163. The summed E-state index contributed by atoms with van der Waals surface area (Å²) < 4.78 is 4.52. The molecule has 1 unspecified atom stereocenters. The molecule has 0 saturated carbocycles. The number of hydrogen-bond donors (Lipinski definition) is 1. The van der Waals surface area contributed by atoms with Crippen molar-refractivity contribution >= 4 is 5.97 Å². The van der Waals surface area contributed by atoms with Crippen molar-refractivity contribution in [3.05, 3.63) is 12.7 Å². The number of allylic oxidation sites excluding steroid dienone is 1. The third-order valence-electron chi connectivity index (χ3n) is 1.85. The van der Waals surface area contributed by atoms with Crippen LogP contribution in [0.3, 0.4) is 0 Å². The number of carbonyl (C=O) groups is 1. The van der Waals surface area contributed by atoms with Gasteiger partial charge in [-0.05, 0) is 19.8 Å². The van der Waals surface area contributed by atoms with E-state index in [1.807, 2.05) is 6.08 Å². The molecule has 0 spiro atoms. The lowest BCUT2D eigenvalue weighted by Gasteiger charge is -2.11. The molecule has 0 fully saturated rings. The van der Waals surface area contributed by atoms with Crippen LogP contribution in [0.2, 0.25) is 0 Å². The Hall–Kier alpha value is -0.830. The van der Waals surface area contributed by atoms with E-state index in [9.17, 15) is 4.79 Å². The van der Waals surface area contributed by atoms with Crippen molar-refractivity contribution in [2.75, 3.05) is 13.7 Å². The van der Waals surface area contributed by atoms with Crippen molar-refractivity contribution in [1.82, 2.24) is 5.32 Å². The lowest BCUT2D eigenvalue weighted by atomic mass is 10.2. The summed E-state index contributed by atoms with van der Waals surface area (Å²) in [5.41, 5.74) is 0. The zero-order valence-electron chi connectivity index (χ0n) is 8.51. The van der Waals surface area contributed by atoms with Gasteiger partial charge < -0.3 is 10.1 Å². The van der Waals surface area contributed by atoms with Crippen LogP contribution in [0.5, 0.6) is 0 Å². The van der Waals surface area contributed by atoms with Crippen LogP contribution < -0.4 is 5.32 Å². The normalized spacial score (nSPS) is 12.2. The topological polar surface area (TPSA) is 38.3 Å². The van der Waals surface area contributed by atoms with Gasteiger partial charge in [0.2, 0.25) is 0 Å². The smallest absolute Gasteiger partial charge is 0.306 e. The molecule has 0 aliphatic heterocycles. The fourth-order valence-corrected chi connectivity index (χ4v) is 0.993. The van der Waals surface area contributed by atoms with Gasteiger partial charge in [-0.1, -0.05) is 6.08 Å². The summed E-state index contributed by atoms with van der Waals surface area (Å²) in [6.45, 7) is 6.44. The van der Waals surface area contributed by atoms with E-state index in [0.717, 1.165) is 12.8 Å². The Morgan fingerprint density at radius 1 is 1.69 bits per heavy atom.